The fourth-order valence-corrected chi connectivity index (χ4v) is 3.51. The fourth-order valence-electron chi connectivity index (χ4n) is 3.22. The molecule has 0 aromatic heterocycles. The summed E-state index contributed by atoms with van der Waals surface area (Å²) in [5.41, 5.74) is 2.54. The molecule has 5 heteroatoms. The van der Waals surface area contributed by atoms with Crippen molar-refractivity contribution in [3.05, 3.63) is 29.3 Å². The average molecular weight is 325 g/mol. The Bertz CT molecular complexity index is 507. The molecule has 3 unspecified atom stereocenters. The van der Waals surface area contributed by atoms with E-state index in [1.54, 1.807) is 0 Å². The van der Waals surface area contributed by atoms with Gasteiger partial charge in [0.15, 0.2) is 0 Å². The molecule has 1 aromatic rings. The highest BCUT2D eigenvalue weighted by atomic mass is 32.2. The molecule has 1 aromatic carbocycles. The zero-order valence-corrected chi connectivity index (χ0v) is 14.3. The highest BCUT2D eigenvalue weighted by molar-refractivity contribution is 7.77. The maximum absolute atomic E-state index is 10.7. The van der Waals surface area contributed by atoms with Gasteiger partial charge in [-0.25, -0.2) is 8.93 Å². The minimum atomic E-state index is -1.90. The fraction of sp³-hybridized carbons (Fsp3) is 0.647. The first-order valence-corrected chi connectivity index (χ1v) is 9.21. The zero-order chi connectivity index (χ0) is 15.9. The molecule has 1 aliphatic carbocycles. The molecule has 0 bridgehead atoms. The zero-order valence-electron chi connectivity index (χ0n) is 13.5. The van der Waals surface area contributed by atoms with E-state index in [1.807, 2.05) is 6.07 Å². The molecule has 2 N–H and O–H groups in total. The van der Waals surface area contributed by atoms with Crippen molar-refractivity contribution in [1.29, 1.82) is 0 Å². The molecule has 0 heterocycles. The van der Waals surface area contributed by atoms with Crippen molar-refractivity contribution >= 4 is 11.3 Å². The lowest BCUT2D eigenvalue weighted by atomic mass is 9.78. The third kappa shape index (κ3) is 5.38. The molecule has 0 amide bonds. The second-order valence-electron chi connectivity index (χ2n) is 6.29. The second kappa shape index (κ2) is 8.65. The van der Waals surface area contributed by atoms with Gasteiger partial charge in [-0.1, -0.05) is 25.3 Å². The van der Waals surface area contributed by atoms with E-state index in [-0.39, 0.29) is 0 Å². The molecule has 4 nitrogen and oxygen atoms in total. The lowest BCUT2D eigenvalue weighted by Gasteiger charge is -2.31. The lowest BCUT2D eigenvalue weighted by Crippen LogP contribution is -2.29. The first kappa shape index (κ1) is 17.4. The molecule has 124 valence electrons. The second-order valence-corrected chi connectivity index (χ2v) is 7.08. The van der Waals surface area contributed by atoms with E-state index in [9.17, 15) is 4.21 Å². The van der Waals surface area contributed by atoms with Gasteiger partial charge in [0.25, 0.3) is 0 Å². The quantitative estimate of drug-likeness (QED) is 0.753. The number of rotatable bonds is 7. The number of hydrogen-bond acceptors (Lipinski definition) is 2. The largest absolute Gasteiger partial charge is 0.493 e. The van der Waals surface area contributed by atoms with Crippen molar-refractivity contribution < 1.29 is 13.5 Å². The molecule has 1 saturated carbocycles. The predicted octanol–water partition coefficient (Wildman–Crippen LogP) is 3.61. The Labute approximate surface area is 136 Å². The minimum Gasteiger partial charge on any atom is -0.493 e. The summed E-state index contributed by atoms with van der Waals surface area (Å²) in [5, 5.41) is 0. The van der Waals surface area contributed by atoms with Gasteiger partial charge in [-0.3, -0.25) is 4.55 Å². The van der Waals surface area contributed by atoms with Gasteiger partial charge < -0.3 is 4.74 Å². The van der Waals surface area contributed by atoms with Crippen molar-refractivity contribution in [3.8, 4) is 5.75 Å². The van der Waals surface area contributed by atoms with Gasteiger partial charge in [0.05, 0.1) is 6.61 Å². The monoisotopic (exact) mass is 325 g/mol. The number of benzene rings is 1. The Morgan fingerprint density at radius 2 is 1.95 bits per heavy atom. The van der Waals surface area contributed by atoms with Crippen molar-refractivity contribution in [1.82, 2.24) is 4.72 Å². The van der Waals surface area contributed by atoms with Crippen molar-refractivity contribution in [3.63, 3.8) is 0 Å². The summed E-state index contributed by atoms with van der Waals surface area (Å²) in [4.78, 5) is 0. The van der Waals surface area contributed by atoms with Crippen LogP contribution >= 0.6 is 0 Å². The van der Waals surface area contributed by atoms with Crippen LogP contribution in [0, 0.1) is 25.7 Å². The molecule has 22 heavy (non-hydrogen) atoms. The van der Waals surface area contributed by atoms with E-state index in [4.69, 9.17) is 9.29 Å². The minimum absolute atomic E-state index is 0.546. The summed E-state index contributed by atoms with van der Waals surface area (Å²) in [6.07, 6.45) is 5.84. The summed E-state index contributed by atoms with van der Waals surface area (Å²) in [7, 11) is 0. The van der Waals surface area contributed by atoms with Crippen LogP contribution in [0.1, 0.15) is 43.2 Å². The Morgan fingerprint density at radius 3 is 2.64 bits per heavy atom. The number of aryl methyl sites for hydroxylation is 2. The van der Waals surface area contributed by atoms with Crippen LogP contribution < -0.4 is 9.46 Å². The Hall–Kier alpha value is -0.910. The topological polar surface area (TPSA) is 58.6 Å². The molecule has 0 radical (unpaired) electrons. The van der Waals surface area contributed by atoms with Gasteiger partial charge in [-0.05, 0) is 61.8 Å². The molecule has 1 aliphatic rings. The Balaban J connectivity index is 1.85. The first-order chi connectivity index (χ1) is 10.6. The van der Waals surface area contributed by atoms with Crippen LogP contribution in [0.25, 0.3) is 0 Å². The molecule has 3 atom stereocenters. The summed E-state index contributed by atoms with van der Waals surface area (Å²) in [6.45, 7) is 5.55. The summed E-state index contributed by atoms with van der Waals surface area (Å²) >= 11 is -1.90. The number of nitrogens with one attached hydrogen (secondary N) is 1. The van der Waals surface area contributed by atoms with E-state index >= 15 is 0 Å². The maximum atomic E-state index is 10.7. The van der Waals surface area contributed by atoms with Crippen LogP contribution in [0.4, 0.5) is 0 Å². The van der Waals surface area contributed by atoms with Crippen LogP contribution in [0.5, 0.6) is 5.75 Å². The van der Waals surface area contributed by atoms with Gasteiger partial charge in [0.2, 0.25) is 11.3 Å². The molecule has 0 aliphatic heterocycles. The van der Waals surface area contributed by atoms with Crippen LogP contribution in [-0.2, 0) is 11.3 Å². The average Bonchev–Trinajstić information content (AvgIpc) is 2.49. The smallest absolute Gasteiger partial charge is 0.231 e. The summed E-state index contributed by atoms with van der Waals surface area (Å²) in [5.74, 6) is 2.07. The number of hydrogen-bond donors (Lipinski definition) is 2. The van der Waals surface area contributed by atoms with Gasteiger partial charge >= 0.3 is 0 Å². The van der Waals surface area contributed by atoms with Gasteiger partial charge in [-0.2, -0.15) is 0 Å². The molecular weight excluding hydrogens is 298 g/mol. The van der Waals surface area contributed by atoms with Crippen LogP contribution in [0.15, 0.2) is 18.2 Å². The van der Waals surface area contributed by atoms with E-state index in [0.29, 0.717) is 18.4 Å². The number of ether oxygens (including phenoxy) is 1. The highest BCUT2D eigenvalue weighted by Crippen LogP contribution is 2.32. The summed E-state index contributed by atoms with van der Waals surface area (Å²) < 4.78 is 28.0. The maximum Gasteiger partial charge on any atom is 0.231 e. The normalized spacial score (nSPS) is 23.2. The van der Waals surface area contributed by atoms with Gasteiger partial charge in [0.1, 0.15) is 5.75 Å². The van der Waals surface area contributed by atoms with Gasteiger partial charge in [0, 0.05) is 6.54 Å². The van der Waals surface area contributed by atoms with E-state index in [2.05, 4.69) is 30.7 Å². The lowest BCUT2D eigenvalue weighted by molar-refractivity contribution is 0.143. The molecule has 0 spiro atoms. The molecule has 1 fully saturated rings. The molecular formula is C17H27NO3S. The van der Waals surface area contributed by atoms with Gasteiger partial charge in [-0.15, -0.1) is 0 Å². The third-order valence-electron chi connectivity index (χ3n) is 4.75. The van der Waals surface area contributed by atoms with E-state index in [0.717, 1.165) is 18.8 Å². The third-order valence-corrected chi connectivity index (χ3v) is 5.20. The molecule has 0 saturated heterocycles. The van der Waals surface area contributed by atoms with Crippen molar-refractivity contribution in [2.45, 2.75) is 46.0 Å². The molecule has 2 rings (SSSR count). The standard InChI is InChI=1S/C17H27NO3S/c1-13-7-8-17(11-14(13)2)21-12-16-6-4-3-5-15(16)9-10-18-22(19)20/h7-8,11,15-16,18H,3-6,9-10,12H2,1-2H3,(H,19,20). The van der Waals surface area contributed by atoms with E-state index < -0.39 is 11.3 Å². The SMILES string of the molecule is Cc1ccc(OCC2CCCCC2CCNS(=O)O)cc1C. The summed E-state index contributed by atoms with van der Waals surface area (Å²) in [6, 6.07) is 6.24. The predicted molar refractivity (Wildman–Crippen MR) is 90.2 cm³/mol. The Morgan fingerprint density at radius 1 is 1.23 bits per heavy atom. The van der Waals surface area contributed by atoms with Crippen LogP contribution in [0.3, 0.4) is 0 Å². The first-order valence-electron chi connectivity index (χ1n) is 8.10. The Kier molecular flexibility index (Phi) is 6.86. The van der Waals surface area contributed by atoms with Crippen LogP contribution in [0.2, 0.25) is 0 Å². The van der Waals surface area contributed by atoms with E-state index in [1.165, 1.54) is 36.8 Å². The van der Waals surface area contributed by atoms with Crippen LogP contribution in [-0.4, -0.2) is 21.9 Å². The van der Waals surface area contributed by atoms with Crippen molar-refractivity contribution in [2.75, 3.05) is 13.2 Å². The van der Waals surface area contributed by atoms with Crippen molar-refractivity contribution in [2.24, 2.45) is 11.8 Å². The highest BCUT2D eigenvalue weighted by Gasteiger charge is 2.25.